The Morgan fingerprint density at radius 2 is 0.841 bits per heavy atom. The minimum absolute atomic E-state index is 0.0384. The summed E-state index contributed by atoms with van der Waals surface area (Å²) in [5, 5.41) is 5.52. The highest BCUT2D eigenvalue weighted by atomic mass is 32.2. The van der Waals surface area contributed by atoms with Crippen molar-refractivity contribution >= 4 is 36.2 Å². The first-order chi connectivity index (χ1) is 40.6. The van der Waals surface area contributed by atoms with Gasteiger partial charge in [-0.05, 0) is 76.3 Å². The van der Waals surface area contributed by atoms with Gasteiger partial charge >= 0.3 is 0 Å². The maximum Gasteiger partial charge on any atom is 0.159 e. The Labute approximate surface area is 498 Å². The average molecular weight is 1150 g/mol. The largest absolute Gasteiger partial charge is 0.455 e. The van der Waals surface area contributed by atoms with Crippen molar-refractivity contribution in [1.29, 1.82) is 0 Å². The summed E-state index contributed by atoms with van der Waals surface area (Å²) >= 11 is 8.19. The van der Waals surface area contributed by atoms with Gasteiger partial charge in [0.2, 0.25) is 0 Å². The van der Waals surface area contributed by atoms with E-state index in [0.29, 0.717) is 0 Å². The van der Waals surface area contributed by atoms with Crippen LogP contribution in [0.1, 0.15) is 43.6 Å². The third kappa shape index (κ3) is 17.6. The molecule has 0 bridgehead atoms. The zero-order valence-electron chi connectivity index (χ0n) is 46.0. The van der Waals surface area contributed by atoms with Gasteiger partial charge in [-0.25, -0.2) is 9.97 Å². The summed E-state index contributed by atoms with van der Waals surface area (Å²) in [6.07, 6.45) is 3.90. The number of nitrogens with one attached hydrogen (secondary N) is 1. The lowest BCUT2D eigenvalue weighted by molar-refractivity contribution is -0.0320. The second kappa shape index (κ2) is 31.6. The van der Waals surface area contributed by atoms with Crippen molar-refractivity contribution in [3.8, 4) is 23.0 Å². The van der Waals surface area contributed by atoms with Gasteiger partial charge in [-0.15, -0.1) is 0 Å². The van der Waals surface area contributed by atoms with Gasteiger partial charge in [0.25, 0.3) is 0 Å². The van der Waals surface area contributed by atoms with Gasteiger partial charge < -0.3 is 29.0 Å². The second-order valence-electron chi connectivity index (χ2n) is 20.1. The Morgan fingerprint density at radius 3 is 1.29 bits per heavy atom. The molecule has 0 radical (unpaired) electrons. The summed E-state index contributed by atoms with van der Waals surface area (Å²) in [6.45, 7) is 9.57. The van der Waals surface area contributed by atoms with E-state index < -0.39 is 0 Å². The molecule has 3 aliphatic rings. The number of thioether (sulfide) groups is 2. The first-order valence-electron chi connectivity index (χ1n) is 28.2. The van der Waals surface area contributed by atoms with Crippen LogP contribution in [-0.4, -0.2) is 97.2 Å². The smallest absolute Gasteiger partial charge is 0.159 e. The molecule has 10 nitrogen and oxygen atoms in total. The molecule has 420 valence electrons. The van der Waals surface area contributed by atoms with Gasteiger partial charge in [-0.1, -0.05) is 212 Å². The molecule has 5 heterocycles. The van der Waals surface area contributed by atoms with Crippen molar-refractivity contribution in [2.75, 3.05) is 59.1 Å². The van der Waals surface area contributed by atoms with E-state index in [-0.39, 0.29) is 34.1 Å². The molecule has 0 unspecified atom stereocenters. The fourth-order valence-electron chi connectivity index (χ4n) is 10.0. The van der Waals surface area contributed by atoms with E-state index in [9.17, 15) is 0 Å². The average Bonchev–Trinajstić information content (AvgIpc) is 3.63. The van der Waals surface area contributed by atoms with Crippen molar-refractivity contribution in [1.82, 2.24) is 25.1 Å². The second-order valence-corrected chi connectivity index (χ2v) is 22.9. The Hall–Kier alpha value is -6.75. The number of hydrogen-bond acceptors (Lipinski definition) is 13. The molecule has 13 heteroatoms. The van der Waals surface area contributed by atoms with Gasteiger partial charge in [0.15, 0.2) is 11.5 Å². The number of benzene rings is 7. The quantitative estimate of drug-likeness (QED) is 0.0633. The van der Waals surface area contributed by atoms with Crippen LogP contribution in [0, 0.1) is 0 Å². The van der Waals surface area contributed by atoms with Crippen molar-refractivity contribution in [2.45, 2.75) is 57.2 Å². The molecule has 0 spiro atoms. The molecule has 1 N–H and O–H groups in total. The predicted octanol–water partition coefficient (Wildman–Crippen LogP) is 14.9. The molecular weight excluding hydrogens is 1070 g/mol. The van der Waals surface area contributed by atoms with E-state index in [1.54, 1.807) is 23.5 Å². The number of morpholine rings is 3. The van der Waals surface area contributed by atoms with Crippen LogP contribution in [0.5, 0.6) is 23.0 Å². The number of nitrogens with zero attached hydrogens (tertiary/aromatic N) is 4. The van der Waals surface area contributed by atoms with Gasteiger partial charge in [-0.2, -0.15) is 12.6 Å². The fraction of sp³-hybridized carbons (Fsp3) is 0.246. The lowest BCUT2D eigenvalue weighted by Gasteiger charge is -2.37. The molecule has 6 atom stereocenters. The summed E-state index contributed by atoms with van der Waals surface area (Å²) in [5.74, 6) is 3.13. The lowest BCUT2D eigenvalue weighted by Crippen LogP contribution is -2.44. The van der Waals surface area contributed by atoms with E-state index in [1.807, 2.05) is 109 Å². The summed E-state index contributed by atoms with van der Waals surface area (Å²) in [5.41, 5.74) is 6.37. The third-order valence-corrected chi connectivity index (χ3v) is 17.5. The first-order valence-corrected chi connectivity index (χ1v) is 30.5. The van der Waals surface area contributed by atoms with Crippen LogP contribution in [0.4, 0.5) is 0 Å². The van der Waals surface area contributed by atoms with Gasteiger partial charge in [0, 0.05) is 64.8 Å². The Morgan fingerprint density at radius 1 is 0.451 bits per heavy atom. The SMILES string of the molecule is S[C@@H](c1ccccc1)[C@@H]1CN(Cc2ccccc2)CCO1.c1ccc(CN2CCO[C@H]([C@@H](Sc3ncccc3Oc3ccccc3)c3ccccc3)C2)cc1.c1ccc(Oc2cccnc2S[C@@H](c2ccccc2)[C@@H]2CNCCO2)cc1. The maximum absolute atomic E-state index is 6.36. The van der Waals surface area contributed by atoms with Gasteiger partial charge in [-0.3, -0.25) is 9.80 Å². The zero-order valence-corrected chi connectivity index (χ0v) is 48.5. The van der Waals surface area contributed by atoms with E-state index >= 15 is 0 Å². The zero-order chi connectivity index (χ0) is 55.8. The number of hydrogen-bond donors (Lipinski definition) is 2. The third-order valence-electron chi connectivity index (χ3n) is 14.1. The number of ether oxygens (including phenoxy) is 5. The van der Waals surface area contributed by atoms with E-state index in [4.69, 9.17) is 41.3 Å². The molecule has 0 amide bonds. The van der Waals surface area contributed by atoms with E-state index in [2.05, 4.69) is 160 Å². The highest BCUT2D eigenvalue weighted by molar-refractivity contribution is 7.99. The molecule has 3 saturated heterocycles. The predicted molar refractivity (Wildman–Crippen MR) is 335 cm³/mol. The molecule has 3 aliphatic heterocycles. The van der Waals surface area contributed by atoms with E-state index in [1.165, 1.54) is 27.8 Å². The minimum Gasteiger partial charge on any atom is -0.455 e. The Bertz CT molecular complexity index is 3220. The number of para-hydroxylation sites is 2. The summed E-state index contributed by atoms with van der Waals surface area (Å²) in [4.78, 5) is 14.2. The minimum atomic E-state index is 0.0384. The Kier molecular flexibility index (Phi) is 22.5. The van der Waals surface area contributed by atoms with Crippen molar-refractivity contribution in [2.24, 2.45) is 0 Å². The molecule has 12 rings (SSSR count). The van der Waals surface area contributed by atoms with Gasteiger partial charge in [0.05, 0.1) is 53.9 Å². The first kappa shape index (κ1) is 58.4. The van der Waals surface area contributed by atoms with Crippen molar-refractivity contribution in [3.05, 3.63) is 277 Å². The monoisotopic (exact) mass is 1150 g/mol. The van der Waals surface area contributed by atoms with E-state index in [0.717, 1.165) is 105 Å². The molecule has 7 aromatic carbocycles. The van der Waals surface area contributed by atoms with Crippen LogP contribution in [0.15, 0.2) is 259 Å². The molecule has 82 heavy (non-hydrogen) atoms. The highest BCUT2D eigenvalue weighted by Gasteiger charge is 2.33. The van der Waals surface area contributed by atoms with Crippen LogP contribution in [0.3, 0.4) is 0 Å². The Balaban J connectivity index is 0.000000142. The summed E-state index contributed by atoms with van der Waals surface area (Å²) in [7, 11) is 0. The number of rotatable bonds is 18. The van der Waals surface area contributed by atoms with Crippen molar-refractivity contribution < 1.29 is 23.7 Å². The van der Waals surface area contributed by atoms with Crippen LogP contribution < -0.4 is 14.8 Å². The molecule has 0 aliphatic carbocycles. The summed E-state index contributed by atoms with van der Waals surface area (Å²) in [6, 6.07) is 80.1. The molecular formula is C69H71N5O5S3. The van der Waals surface area contributed by atoms with Crippen molar-refractivity contribution in [3.63, 3.8) is 0 Å². The normalized spacial score (nSPS) is 18.5. The number of pyridine rings is 2. The number of aromatic nitrogens is 2. The van der Waals surface area contributed by atoms with Crippen LogP contribution >= 0.6 is 36.2 Å². The van der Waals surface area contributed by atoms with Gasteiger partial charge in [0.1, 0.15) is 21.6 Å². The molecule has 0 saturated carbocycles. The topological polar surface area (TPSA) is 90.4 Å². The van der Waals surface area contributed by atoms with Crippen LogP contribution in [-0.2, 0) is 27.3 Å². The maximum atomic E-state index is 6.36. The lowest BCUT2D eigenvalue weighted by atomic mass is 10.1. The van der Waals surface area contributed by atoms with Crippen LogP contribution in [0.2, 0.25) is 0 Å². The summed E-state index contributed by atoms with van der Waals surface area (Å²) < 4.78 is 30.7. The molecule has 2 aromatic heterocycles. The standard InChI is InChI=1S/C29H28N2O2S.C22H22N2O2S.C18H21NOS/c1-4-11-23(12-5-1)21-31-19-20-32-27(22-31)28(24-13-6-2-7-14-24)34-29-26(17-10-18-30-29)33-25-15-8-3-9-16-25;1-3-8-17(9-4-1)21(20-16-23-14-15-25-20)27-22-19(12-7-13-24-22)26-18-10-5-2-6-11-18;21-18(16-9-5-2-6-10-16)17-14-19(11-12-20-17)13-15-7-3-1-4-8-15/h1-18,27-28H,19-22H2;1-13,20-21,23H,14-16H2;1-10,17-18,21H,11-14H2/t27-,28-;20-,21-;17-,18-/m000/s1. The highest BCUT2D eigenvalue weighted by Crippen LogP contribution is 2.45. The fourth-order valence-corrected chi connectivity index (χ4v) is 12.8. The number of thiol groups is 1. The van der Waals surface area contributed by atoms with Crippen LogP contribution in [0.25, 0.3) is 0 Å². The molecule has 3 fully saturated rings. The molecule has 9 aromatic rings.